The van der Waals surface area contributed by atoms with Crippen molar-refractivity contribution >= 4 is 5.97 Å². The van der Waals surface area contributed by atoms with E-state index in [1.807, 2.05) is 0 Å². The van der Waals surface area contributed by atoms with Crippen LogP contribution in [0.3, 0.4) is 0 Å². The first-order valence-electron chi connectivity index (χ1n) is 3.79. The summed E-state index contributed by atoms with van der Waals surface area (Å²) in [7, 11) is 0. The molecule has 0 heterocycles. The average Bonchev–Trinajstić information content (AvgIpc) is 1.96. The third-order valence-electron chi connectivity index (χ3n) is 1.66. The van der Waals surface area contributed by atoms with E-state index < -0.39 is 23.6 Å². The molecule has 0 aliphatic carbocycles. The first-order valence-corrected chi connectivity index (χ1v) is 3.79. The lowest BCUT2D eigenvalue weighted by Crippen LogP contribution is -2.25. The van der Waals surface area contributed by atoms with Crippen LogP contribution in [0.5, 0.6) is 0 Å². The molecule has 5 heteroatoms. The van der Waals surface area contributed by atoms with Crippen LogP contribution in [0.4, 0.5) is 13.2 Å². The van der Waals surface area contributed by atoms with E-state index in [0.717, 1.165) is 0 Å². The zero-order valence-electron chi connectivity index (χ0n) is 7.19. The number of carboxylic acid groups (broad SMARTS) is 1. The van der Waals surface area contributed by atoms with Crippen LogP contribution in [0.1, 0.15) is 19.8 Å². The van der Waals surface area contributed by atoms with Gasteiger partial charge in [0, 0.05) is 5.57 Å². The molecule has 0 aromatic carbocycles. The van der Waals surface area contributed by atoms with Crippen LogP contribution in [-0.4, -0.2) is 17.3 Å². The van der Waals surface area contributed by atoms with Crippen molar-refractivity contribution in [3.63, 3.8) is 0 Å². The molecule has 1 N–H and O–H groups in total. The third kappa shape index (κ3) is 3.48. The fraction of sp³-hybridized carbons (Fsp3) is 0.625. The van der Waals surface area contributed by atoms with E-state index in [1.165, 1.54) is 0 Å². The summed E-state index contributed by atoms with van der Waals surface area (Å²) in [6, 6.07) is 0. The fourth-order valence-electron chi connectivity index (χ4n) is 0.933. The Hall–Kier alpha value is -1.00. The summed E-state index contributed by atoms with van der Waals surface area (Å²) in [5, 5.41) is 8.48. The van der Waals surface area contributed by atoms with Crippen molar-refractivity contribution in [2.45, 2.75) is 25.9 Å². The van der Waals surface area contributed by atoms with Crippen molar-refractivity contribution < 1.29 is 23.1 Å². The second-order valence-corrected chi connectivity index (χ2v) is 2.70. The van der Waals surface area contributed by atoms with Gasteiger partial charge in [-0.15, -0.1) is 0 Å². The predicted octanol–water partition coefficient (Wildman–Crippen LogP) is 2.61. The molecule has 76 valence electrons. The lowest BCUT2D eigenvalue weighted by atomic mass is 9.95. The molecule has 0 fully saturated rings. The highest BCUT2D eigenvalue weighted by Crippen LogP contribution is 2.32. The van der Waals surface area contributed by atoms with Gasteiger partial charge in [0.15, 0.2) is 0 Å². The average molecular weight is 196 g/mol. The van der Waals surface area contributed by atoms with Gasteiger partial charge in [-0.05, 0) is 6.42 Å². The van der Waals surface area contributed by atoms with E-state index in [9.17, 15) is 18.0 Å². The number of halogens is 3. The second-order valence-electron chi connectivity index (χ2n) is 2.70. The lowest BCUT2D eigenvalue weighted by Gasteiger charge is -2.16. The van der Waals surface area contributed by atoms with E-state index >= 15 is 0 Å². The molecule has 2 nitrogen and oxygen atoms in total. The Bertz CT molecular complexity index is 208. The maximum Gasteiger partial charge on any atom is 0.412 e. The van der Waals surface area contributed by atoms with E-state index in [-0.39, 0.29) is 6.42 Å². The van der Waals surface area contributed by atoms with E-state index in [2.05, 4.69) is 6.58 Å². The summed E-state index contributed by atoms with van der Waals surface area (Å²) in [5.74, 6) is -2.98. The molecule has 0 aromatic heterocycles. The van der Waals surface area contributed by atoms with Gasteiger partial charge in [-0.25, -0.2) is 0 Å². The van der Waals surface area contributed by atoms with Gasteiger partial charge in [0.2, 0.25) is 0 Å². The number of hydrogen-bond donors (Lipinski definition) is 1. The van der Waals surface area contributed by atoms with Gasteiger partial charge in [0.05, 0.1) is 5.92 Å². The maximum absolute atomic E-state index is 12.0. The molecular weight excluding hydrogens is 185 g/mol. The van der Waals surface area contributed by atoms with E-state index in [1.54, 1.807) is 6.92 Å². The summed E-state index contributed by atoms with van der Waals surface area (Å²) in [5.41, 5.74) is -1.18. The Morgan fingerprint density at radius 2 is 2.00 bits per heavy atom. The Balaban J connectivity index is 4.56. The summed E-state index contributed by atoms with van der Waals surface area (Å²) in [6.07, 6.45) is -4.27. The van der Waals surface area contributed by atoms with Crippen LogP contribution in [-0.2, 0) is 4.79 Å². The Labute approximate surface area is 74.1 Å². The van der Waals surface area contributed by atoms with Gasteiger partial charge in [0.25, 0.3) is 0 Å². The third-order valence-corrected chi connectivity index (χ3v) is 1.66. The fourth-order valence-corrected chi connectivity index (χ4v) is 0.933. The minimum absolute atomic E-state index is 0.0341. The minimum Gasteiger partial charge on any atom is -0.481 e. The summed E-state index contributed by atoms with van der Waals surface area (Å²) in [6.45, 7) is 4.38. The van der Waals surface area contributed by atoms with Gasteiger partial charge in [-0.3, -0.25) is 4.79 Å². The molecule has 13 heavy (non-hydrogen) atoms. The zero-order valence-corrected chi connectivity index (χ0v) is 7.19. The summed E-state index contributed by atoms with van der Waals surface area (Å²) < 4.78 is 36.1. The van der Waals surface area contributed by atoms with Crippen molar-refractivity contribution in [2.75, 3.05) is 0 Å². The minimum atomic E-state index is -4.61. The zero-order chi connectivity index (χ0) is 10.6. The number of rotatable bonds is 4. The standard InChI is InChI=1S/C8H11F3O2/c1-3-4-6(7(12)13)5(2)8(9,10)11/h6H,2-4H2,1H3,(H,12,13). The van der Waals surface area contributed by atoms with Gasteiger partial charge in [-0.2, -0.15) is 13.2 Å². The number of hydrogen-bond acceptors (Lipinski definition) is 1. The SMILES string of the molecule is C=C(C(CCC)C(=O)O)C(F)(F)F. The maximum atomic E-state index is 12.0. The highest BCUT2D eigenvalue weighted by atomic mass is 19.4. The molecule has 0 radical (unpaired) electrons. The molecule has 0 amide bonds. The van der Waals surface area contributed by atoms with Crippen molar-refractivity contribution in [3.8, 4) is 0 Å². The molecule has 0 spiro atoms. The Morgan fingerprint density at radius 3 is 2.23 bits per heavy atom. The van der Waals surface area contributed by atoms with Crippen molar-refractivity contribution in [1.29, 1.82) is 0 Å². The molecule has 1 atom stereocenters. The smallest absolute Gasteiger partial charge is 0.412 e. The van der Waals surface area contributed by atoms with Crippen LogP contribution in [0.25, 0.3) is 0 Å². The van der Waals surface area contributed by atoms with Gasteiger partial charge in [0.1, 0.15) is 0 Å². The van der Waals surface area contributed by atoms with Crippen molar-refractivity contribution in [1.82, 2.24) is 0 Å². The van der Waals surface area contributed by atoms with Crippen LogP contribution in [0, 0.1) is 5.92 Å². The first-order chi connectivity index (χ1) is 5.80. The summed E-state index contributed by atoms with van der Waals surface area (Å²) >= 11 is 0. The molecule has 1 unspecified atom stereocenters. The van der Waals surface area contributed by atoms with Gasteiger partial charge in [-0.1, -0.05) is 19.9 Å². The van der Waals surface area contributed by atoms with E-state index in [0.29, 0.717) is 6.42 Å². The van der Waals surface area contributed by atoms with Crippen LogP contribution in [0.2, 0.25) is 0 Å². The second kappa shape index (κ2) is 4.30. The topological polar surface area (TPSA) is 37.3 Å². The molecule has 0 saturated heterocycles. The molecule has 0 rings (SSSR count). The lowest BCUT2D eigenvalue weighted by molar-refractivity contribution is -0.146. The monoisotopic (exact) mass is 196 g/mol. The molecule has 0 aromatic rings. The molecule has 0 aliphatic rings. The summed E-state index contributed by atoms with van der Waals surface area (Å²) in [4.78, 5) is 10.4. The number of aliphatic carboxylic acids is 1. The van der Waals surface area contributed by atoms with Gasteiger partial charge >= 0.3 is 12.1 Å². The normalized spacial score (nSPS) is 13.8. The number of carboxylic acids is 1. The van der Waals surface area contributed by atoms with E-state index in [4.69, 9.17) is 5.11 Å². The molecular formula is C8H11F3O2. The van der Waals surface area contributed by atoms with Gasteiger partial charge < -0.3 is 5.11 Å². The number of carbonyl (C=O) groups is 1. The number of alkyl halides is 3. The highest BCUT2D eigenvalue weighted by Gasteiger charge is 2.39. The Kier molecular flexibility index (Phi) is 3.97. The first kappa shape index (κ1) is 12.0. The predicted molar refractivity (Wildman–Crippen MR) is 41.2 cm³/mol. The molecule has 0 bridgehead atoms. The largest absolute Gasteiger partial charge is 0.481 e. The Morgan fingerprint density at radius 1 is 1.54 bits per heavy atom. The quantitative estimate of drug-likeness (QED) is 0.701. The van der Waals surface area contributed by atoms with Crippen molar-refractivity contribution in [3.05, 3.63) is 12.2 Å². The molecule has 0 aliphatic heterocycles. The van der Waals surface area contributed by atoms with Crippen LogP contribution >= 0.6 is 0 Å². The van der Waals surface area contributed by atoms with Crippen molar-refractivity contribution in [2.24, 2.45) is 5.92 Å². The van der Waals surface area contributed by atoms with Crippen LogP contribution in [0.15, 0.2) is 12.2 Å². The van der Waals surface area contributed by atoms with Crippen LogP contribution < -0.4 is 0 Å². The highest BCUT2D eigenvalue weighted by molar-refractivity contribution is 5.73. The molecule has 0 saturated carbocycles.